The molecule has 0 aromatic carbocycles. The molecule has 4 aromatic heterocycles. The van der Waals surface area contributed by atoms with E-state index in [2.05, 4.69) is 42.9 Å². The standard InChI is InChI=1S/C24H29N7O/c1-16(2)30-12-9-20(27-30)19-14-31-22(17(19)3)24(29-11-8-18(13-29)15-32-4)26-23(28-31)21-7-5-6-10-25-21/h5-7,9-10,12,14,16,18H,8,11,13,15H2,1-4H3/t18-/m1/s1. The predicted molar refractivity (Wildman–Crippen MR) is 125 cm³/mol. The average Bonchev–Trinajstić information content (AvgIpc) is 3.53. The molecule has 8 heteroatoms. The molecule has 8 nitrogen and oxygen atoms in total. The summed E-state index contributed by atoms with van der Waals surface area (Å²) in [5, 5.41) is 9.63. The second-order valence-electron chi connectivity index (χ2n) is 8.77. The molecule has 0 aliphatic carbocycles. The molecule has 0 spiro atoms. The molecule has 4 aromatic rings. The first-order valence-electron chi connectivity index (χ1n) is 11.2. The van der Waals surface area contributed by atoms with Gasteiger partial charge >= 0.3 is 0 Å². The normalized spacial score (nSPS) is 16.5. The van der Waals surface area contributed by atoms with Gasteiger partial charge in [0.1, 0.15) is 11.2 Å². The molecule has 0 radical (unpaired) electrons. The summed E-state index contributed by atoms with van der Waals surface area (Å²) in [7, 11) is 1.77. The number of aryl methyl sites for hydroxylation is 1. The number of methoxy groups -OCH3 is 1. The van der Waals surface area contributed by atoms with Gasteiger partial charge in [-0.05, 0) is 51.0 Å². The number of hydrogen-bond donors (Lipinski definition) is 0. The molecule has 32 heavy (non-hydrogen) atoms. The Balaban J connectivity index is 1.66. The molecule has 1 atom stereocenters. The van der Waals surface area contributed by atoms with Crippen LogP contribution in [0, 0.1) is 12.8 Å². The molecular weight excluding hydrogens is 402 g/mol. The Hall–Kier alpha value is -3.26. The van der Waals surface area contributed by atoms with Crippen molar-refractivity contribution in [2.24, 2.45) is 5.92 Å². The number of hydrogen-bond acceptors (Lipinski definition) is 6. The van der Waals surface area contributed by atoms with Crippen LogP contribution in [0.15, 0.2) is 42.9 Å². The van der Waals surface area contributed by atoms with Crippen LogP contribution >= 0.6 is 0 Å². The van der Waals surface area contributed by atoms with Crippen molar-refractivity contribution in [2.45, 2.75) is 33.2 Å². The molecule has 0 unspecified atom stereocenters. The van der Waals surface area contributed by atoms with Crippen LogP contribution in [0.4, 0.5) is 5.82 Å². The van der Waals surface area contributed by atoms with Crippen molar-refractivity contribution in [3.05, 3.63) is 48.4 Å². The third-order valence-corrected chi connectivity index (χ3v) is 6.16. The van der Waals surface area contributed by atoms with E-state index in [-0.39, 0.29) is 0 Å². The Morgan fingerprint density at radius 3 is 2.75 bits per heavy atom. The zero-order chi connectivity index (χ0) is 22.2. The van der Waals surface area contributed by atoms with Crippen LogP contribution in [0.25, 0.3) is 28.3 Å². The molecule has 1 aliphatic rings. The number of fused-ring (bicyclic) bond motifs is 1. The number of rotatable bonds is 6. The van der Waals surface area contributed by atoms with Crippen LogP contribution in [-0.2, 0) is 4.74 Å². The Morgan fingerprint density at radius 2 is 2.03 bits per heavy atom. The number of aromatic nitrogens is 6. The molecule has 166 valence electrons. The van der Waals surface area contributed by atoms with Gasteiger partial charge in [0.25, 0.3) is 0 Å². The molecule has 0 amide bonds. The van der Waals surface area contributed by atoms with Gasteiger partial charge in [-0.2, -0.15) is 5.10 Å². The van der Waals surface area contributed by atoms with Crippen molar-refractivity contribution < 1.29 is 4.74 Å². The first kappa shape index (κ1) is 20.6. The number of pyridine rings is 1. The lowest BCUT2D eigenvalue weighted by Gasteiger charge is -2.20. The van der Waals surface area contributed by atoms with E-state index in [1.807, 2.05) is 33.6 Å². The highest BCUT2D eigenvalue weighted by atomic mass is 16.5. The zero-order valence-corrected chi connectivity index (χ0v) is 19.1. The van der Waals surface area contributed by atoms with E-state index in [4.69, 9.17) is 19.9 Å². The van der Waals surface area contributed by atoms with Gasteiger partial charge in [-0.1, -0.05) is 6.07 Å². The van der Waals surface area contributed by atoms with E-state index >= 15 is 0 Å². The van der Waals surface area contributed by atoms with Gasteiger partial charge in [0.05, 0.1) is 12.3 Å². The lowest BCUT2D eigenvalue weighted by molar-refractivity contribution is 0.161. The van der Waals surface area contributed by atoms with Crippen molar-refractivity contribution in [3.8, 4) is 22.8 Å². The van der Waals surface area contributed by atoms with Gasteiger partial charge in [-0.3, -0.25) is 9.67 Å². The smallest absolute Gasteiger partial charge is 0.200 e. The monoisotopic (exact) mass is 431 g/mol. The van der Waals surface area contributed by atoms with Crippen LogP contribution in [0.5, 0.6) is 0 Å². The Kier molecular flexibility index (Phi) is 5.38. The van der Waals surface area contributed by atoms with E-state index < -0.39 is 0 Å². The van der Waals surface area contributed by atoms with E-state index in [0.717, 1.165) is 60.0 Å². The largest absolute Gasteiger partial charge is 0.384 e. The van der Waals surface area contributed by atoms with Crippen molar-refractivity contribution in [2.75, 3.05) is 31.7 Å². The maximum atomic E-state index is 5.41. The molecule has 0 N–H and O–H groups in total. The van der Waals surface area contributed by atoms with Crippen molar-refractivity contribution in [3.63, 3.8) is 0 Å². The van der Waals surface area contributed by atoms with Gasteiger partial charge in [0.2, 0.25) is 5.82 Å². The van der Waals surface area contributed by atoms with E-state index in [1.54, 1.807) is 13.3 Å². The summed E-state index contributed by atoms with van der Waals surface area (Å²) in [4.78, 5) is 11.9. The summed E-state index contributed by atoms with van der Waals surface area (Å²) in [6, 6.07) is 8.20. The molecule has 1 aliphatic heterocycles. The van der Waals surface area contributed by atoms with Gasteiger partial charge in [0.15, 0.2) is 5.82 Å². The lowest BCUT2D eigenvalue weighted by atomic mass is 10.1. The number of anilines is 1. The minimum atomic E-state index is 0.314. The summed E-state index contributed by atoms with van der Waals surface area (Å²) in [5.41, 5.74) is 4.95. The van der Waals surface area contributed by atoms with Crippen molar-refractivity contribution in [1.29, 1.82) is 0 Å². The van der Waals surface area contributed by atoms with Gasteiger partial charge in [-0.25, -0.2) is 9.50 Å². The molecule has 1 saturated heterocycles. The second-order valence-corrected chi connectivity index (χ2v) is 8.77. The fourth-order valence-corrected chi connectivity index (χ4v) is 4.46. The summed E-state index contributed by atoms with van der Waals surface area (Å²) < 4.78 is 9.35. The number of ether oxygens (including phenoxy) is 1. The van der Waals surface area contributed by atoms with Crippen LogP contribution in [-0.4, -0.2) is 56.2 Å². The van der Waals surface area contributed by atoms with Gasteiger partial charge in [-0.15, -0.1) is 5.10 Å². The third-order valence-electron chi connectivity index (χ3n) is 6.16. The maximum absolute atomic E-state index is 5.41. The van der Waals surface area contributed by atoms with Crippen LogP contribution in [0.3, 0.4) is 0 Å². The molecule has 0 bridgehead atoms. The van der Waals surface area contributed by atoms with E-state index in [9.17, 15) is 0 Å². The Bertz CT molecular complexity index is 1230. The van der Waals surface area contributed by atoms with Crippen molar-refractivity contribution >= 4 is 11.3 Å². The third kappa shape index (κ3) is 3.64. The minimum absolute atomic E-state index is 0.314. The SMILES string of the molecule is COC[C@@H]1CCN(c2nc(-c3ccccn3)nn3cc(-c4ccn(C(C)C)n4)c(C)c23)C1. The second kappa shape index (κ2) is 8.35. The van der Waals surface area contributed by atoms with E-state index in [0.29, 0.717) is 17.8 Å². The average molecular weight is 432 g/mol. The molecule has 1 fully saturated rings. The summed E-state index contributed by atoms with van der Waals surface area (Å²) in [6.07, 6.45) is 6.97. The topological polar surface area (TPSA) is 73.4 Å². The highest BCUT2D eigenvalue weighted by molar-refractivity contribution is 5.83. The summed E-state index contributed by atoms with van der Waals surface area (Å²) in [5.74, 6) is 2.08. The highest BCUT2D eigenvalue weighted by Crippen LogP contribution is 2.34. The Labute approximate surface area is 187 Å². The van der Waals surface area contributed by atoms with E-state index in [1.165, 1.54) is 0 Å². The molecule has 5 rings (SSSR count). The van der Waals surface area contributed by atoms with Crippen LogP contribution in [0.1, 0.15) is 31.9 Å². The zero-order valence-electron chi connectivity index (χ0n) is 19.1. The van der Waals surface area contributed by atoms with Crippen LogP contribution < -0.4 is 4.90 Å². The van der Waals surface area contributed by atoms with Gasteiger partial charge in [0, 0.05) is 56.3 Å². The predicted octanol–water partition coefficient (Wildman–Crippen LogP) is 4.02. The Morgan fingerprint density at radius 1 is 1.16 bits per heavy atom. The summed E-state index contributed by atoms with van der Waals surface area (Å²) >= 11 is 0. The van der Waals surface area contributed by atoms with Crippen LogP contribution in [0.2, 0.25) is 0 Å². The fourth-order valence-electron chi connectivity index (χ4n) is 4.46. The first-order valence-corrected chi connectivity index (χ1v) is 11.2. The molecular formula is C24H29N7O. The fraction of sp³-hybridized carbons (Fsp3) is 0.417. The first-order chi connectivity index (χ1) is 15.5. The van der Waals surface area contributed by atoms with Gasteiger partial charge < -0.3 is 9.64 Å². The van der Waals surface area contributed by atoms with Crippen molar-refractivity contribution in [1.82, 2.24) is 29.4 Å². The minimum Gasteiger partial charge on any atom is -0.384 e. The number of nitrogens with zero attached hydrogens (tertiary/aromatic N) is 7. The highest BCUT2D eigenvalue weighted by Gasteiger charge is 2.28. The maximum Gasteiger partial charge on any atom is 0.200 e. The lowest BCUT2D eigenvalue weighted by Crippen LogP contribution is -2.23. The molecule has 0 saturated carbocycles. The summed E-state index contributed by atoms with van der Waals surface area (Å²) in [6.45, 7) is 9.03. The molecule has 5 heterocycles. The quantitative estimate of drug-likeness (QED) is 0.459.